The Kier molecular flexibility index (Phi) is 8.13. The first kappa shape index (κ1) is 18.0. The monoisotopic (exact) mass is 282 g/mol. The van der Waals surface area contributed by atoms with E-state index in [4.69, 9.17) is 0 Å². The predicted octanol–water partition coefficient (Wildman–Crippen LogP) is 4.30. The third kappa shape index (κ3) is 6.13. The Bertz CT molecular complexity index is 246. The van der Waals surface area contributed by atoms with Gasteiger partial charge < -0.3 is 10.2 Å². The molecule has 0 aromatic rings. The van der Waals surface area contributed by atoms with E-state index in [-0.39, 0.29) is 0 Å². The Morgan fingerprint density at radius 2 is 1.80 bits per heavy atom. The van der Waals surface area contributed by atoms with Gasteiger partial charge in [0, 0.05) is 19.1 Å². The van der Waals surface area contributed by atoms with Crippen LogP contribution in [0.3, 0.4) is 0 Å². The van der Waals surface area contributed by atoms with E-state index in [2.05, 4.69) is 44.8 Å². The number of rotatable bonds is 9. The highest BCUT2D eigenvalue weighted by Crippen LogP contribution is 2.28. The zero-order valence-electron chi connectivity index (χ0n) is 14.7. The highest BCUT2D eigenvalue weighted by atomic mass is 15.2. The predicted molar refractivity (Wildman–Crippen MR) is 90.2 cm³/mol. The minimum Gasteiger partial charge on any atom is -0.316 e. The molecule has 0 bridgehead atoms. The number of hydrogen-bond acceptors (Lipinski definition) is 2. The Morgan fingerprint density at radius 3 is 2.30 bits per heavy atom. The third-order valence-electron chi connectivity index (χ3n) is 5.04. The lowest BCUT2D eigenvalue weighted by Crippen LogP contribution is -2.47. The van der Waals surface area contributed by atoms with Crippen molar-refractivity contribution in [1.82, 2.24) is 10.2 Å². The van der Waals surface area contributed by atoms with Crippen molar-refractivity contribution in [2.75, 3.05) is 26.2 Å². The van der Waals surface area contributed by atoms with Gasteiger partial charge in [-0.1, -0.05) is 53.9 Å². The first-order valence-electron chi connectivity index (χ1n) is 8.95. The topological polar surface area (TPSA) is 15.3 Å². The average molecular weight is 283 g/mol. The van der Waals surface area contributed by atoms with Crippen molar-refractivity contribution in [1.29, 1.82) is 0 Å². The van der Waals surface area contributed by atoms with Crippen molar-refractivity contribution in [3.05, 3.63) is 0 Å². The molecule has 1 saturated carbocycles. The molecule has 20 heavy (non-hydrogen) atoms. The van der Waals surface area contributed by atoms with Crippen LogP contribution in [0.25, 0.3) is 0 Å². The fraction of sp³-hybridized carbons (Fsp3) is 1.00. The van der Waals surface area contributed by atoms with Gasteiger partial charge in [0.1, 0.15) is 0 Å². The second kappa shape index (κ2) is 9.04. The van der Waals surface area contributed by atoms with Gasteiger partial charge in [-0.2, -0.15) is 0 Å². The molecule has 0 aromatic heterocycles. The van der Waals surface area contributed by atoms with Crippen molar-refractivity contribution in [3.8, 4) is 0 Å². The summed E-state index contributed by atoms with van der Waals surface area (Å²) >= 11 is 0. The molecule has 2 nitrogen and oxygen atoms in total. The number of nitrogens with one attached hydrogen (secondary N) is 1. The first-order valence-corrected chi connectivity index (χ1v) is 8.95. The molecule has 0 aromatic carbocycles. The largest absolute Gasteiger partial charge is 0.316 e. The van der Waals surface area contributed by atoms with E-state index < -0.39 is 0 Å². The summed E-state index contributed by atoms with van der Waals surface area (Å²) in [6.07, 6.45) is 8.45. The SMILES string of the molecule is CCN(CC(C)(CC)CNCC(C)C)C1CCCCC1. The normalized spacial score (nSPS) is 20.6. The van der Waals surface area contributed by atoms with E-state index >= 15 is 0 Å². The lowest BCUT2D eigenvalue weighted by Gasteiger charge is -2.40. The van der Waals surface area contributed by atoms with Crippen molar-refractivity contribution >= 4 is 0 Å². The number of hydrogen-bond donors (Lipinski definition) is 1. The molecule has 1 atom stereocenters. The molecule has 0 amide bonds. The molecular weight excluding hydrogens is 244 g/mol. The Hall–Kier alpha value is -0.0800. The summed E-state index contributed by atoms with van der Waals surface area (Å²) in [6.45, 7) is 16.5. The number of nitrogens with zero attached hydrogens (tertiary/aromatic N) is 1. The molecule has 0 aliphatic heterocycles. The average Bonchev–Trinajstić information content (AvgIpc) is 2.45. The molecule has 1 aliphatic carbocycles. The minimum atomic E-state index is 0.419. The van der Waals surface area contributed by atoms with Crippen LogP contribution in [0.5, 0.6) is 0 Å². The summed E-state index contributed by atoms with van der Waals surface area (Å²) in [5.41, 5.74) is 0.419. The molecule has 0 heterocycles. The van der Waals surface area contributed by atoms with Gasteiger partial charge in [-0.15, -0.1) is 0 Å². The zero-order valence-corrected chi connectivity index (χ0v) is 14.7. The summed E-state index contributed by atoms with van der Waals surface area (Å²) in [5, 5.41) is 3.68. The minimum absolute atomic E-state index is 0.419. The van der Waals surface area contributed by atoms with Gasteiger partial charge in [-0.25, -0.2) is 0 Å². The van der Waals surface area contributed by atoms with Crippen LogP contribution in [-0.4, -0.2) is 37.1 Å². The molecule has 1 fully saturated rings. The van der Waals surface area contributed by atoms with E-state index in [1.165, 1.54) is 51.6 Å². The fourth-order valence-corrected chi connectivity index (χ4v) is 3.39. The van der Waals surface area contributed by atoms with E-state index in [0.717, 1.165) is 25.0 Å². The molecule has 1 unspecified atom stereocenters. The molecular formula is C18H38N2. The summed E-state index contributed by atoms with van der Waals surface area (Å²) in [4.78, 5) is 2.76. The van der Waals surface area contributed by atoms with Crippen molar-refractivity contribution in [2.45, 2.75) is 79.2 Å². The van der Waals surface area contributed by atoms with Crippen LogP contribution in [0.15, 0.2) is 0 Å². The summed E-state index contributed by atoms with van der Waals surface area (Å²) in [6, 6.07) is 0.852. The van der Waals surface area contributed by atoms with E-state index in [1.54, 1.807) is 0 Å². The van der Waals surface area contributed by atoms with E-state index in [1.807, 2.05) is 0 Å². The maximum atomic E-state index is 3.68. The van der Waals surface area contributed by atoms with Crippen LogP contribution >= 0.6 is 0 Å². The molecule has 120 valence electrons. The van der Waals surface area contributed by atoms with Crippen LogP contribution in [-0.2, 0) is 0 Å². The zero-order chi connectivity index (χ0) is 15.0. The van der Waals surface area contributed by atoms with Gasteiger partial charge in [0.15, 0.2) is 0 Å². The van der Waals surface area contributed by atoms with Gasteiger partial charge in [-0.3, -0.25) is 0 Å². The second-order valence-corrected chi connectivity index (χ2v) is 7.54. The first-order chi connectivity index (χ1) is 9.50. The molecule has 0 spiro atoms. The summed E-state index contributed by atoms with van der Waals surface area (Å²) in [5.74, 6) is 0.747. The molecule has 1 N–H and O–H groups in total. The molecule has 0 saturated heterocycles. The smallest absolute Gasteiger partial charge is 0.00953 e. The van der Waals surface area contributed by atoms with Gasteiger partial charge in [-0.05, 0) is 43.7 Å². The van der Waals surface area contributed by atoms with Gasteiger partial charge >= 0.3 is 0 Å². The Labute approximate surface area is 127 Å². The Morgan fingerprint density at radius 1 is 1.15 bits per heavy atom. The molecule has 0 radical (unpaired) electrons. The fourth-order valence-electron chi connectivity index (χ4n) is 3.39. The standard InChI is InChI=1S/C18H38N2/c1-6-18(5,14-19-13-16(3)4)15-20(7-2)17-11-9-8-10-12-17/h16-17,19H,6-15H2,1-5H3. The molecule has 1 aliphatic rings. The molecule has 1 rings (SSSR count). The van der Waals surface area contributed by atoms with Crippen LogP contribution < -0.4 is 5.32 Å². The maximum absolute atomic E-state index is 3.68. The van der Waals surface area contributed by atoms with Crippen LogP contribution in [0.2, 0.25) is 0 Å². The highest BCUT2D eigenvalue weighted by molar-refractivity contribution is 4.84. The maximum Gasteiger partial charge on any atom is 0.00953 e. The summed E-state index contributed by atoms with van der Waals surface area (Å²) in [7, 11) is 0. The highest BCUT2D eigenvalue weighted by Gasteiger charge is 2.28. The lowest BCUT2D eigenvalue weighted by atomic mass is 9.84. The van der Waals surface area contributed by atoms with Gasteiger partial charge in [0.2, 0.25) is 0 Å². The van der Waals surface area contributed by atoms with Crippen LogP contribution in [0.1, 0.15) is 73.1 Å². The quantitative estimate of drug-likeness (QED) is 0.678. The van der Waals surface area contributed by atoms with E-state index in [9.17, 15) is 0 Å². The Balaban J connectivity index is 2.49. The van der Waals surface area contributed by atoms with Crippen molar-refractivity contribution < 1.29 is 0 Å². The lowest BCUT2D eigenvalue weighted by molar-refractivity contribution is 0.0969. The van der Waals surface area contributed by atoms with Crippen LogP contribution in [0, 0.1) is 11.3 Å². The summed E-state index contributed by atoms with van der Waals surface area (Å²) < 4.78 is 0. The van der Waals surface area contributed by atoms with Gasteiger partial charge in [0.05, 0.1) is 0 Å². The second-order valence-electron chi connectivity index (χ2n) is 7.54. The van der Waals surface area contributed by atoms with Crippen molar-refractivity contribution in [3.63, 3.8) is 0 Å². The molecule has 2 heteroatoms. The van der Waals surface area contributed by atoms with E-state index in [0.29, 0.717) is 5.41 Å². The van der Waals surface area contributed by atoms with Crippen molar-refractivity contribution in [2.24, 2.45) is 11.3 Å². The third-order valence-corrected chi connectivity index (χ3v) is 5.04. The van der Waals surface area contributed by atoms with Crippen LogP contribution in [0.4, 0.5) is 0 Å². The van der Waals surface area contributed by atoms with Gasteiger partial charge in [0.25, 0.3) is 0 Å².